The molecule has 0 aromatic carbocycles. The van der Waals surface area contributed by atoms with Gasteiger partial charge in [-0.2, -0.15) is 10.2 Å². The van der Waals surface area contributed by atoms with Gasteiger partial charge in [-0.05, 0) is 13.0 Å². The third kappa shape index (κ3) is 2.18. The third-order valence-electron chi connectivity index (χ3n) is 3.23. The molecule has 7 heteroatoms. The Morgan fingerprint density at radius 3 is 3.00 bits per heavy atom. The van der Waals surface area contributed by atoms with E-state index >= 15 is 0 Å². The molecule has 3 N–H and O–H groups in total. The molecule has 3 aromatic heterocycles. The van der Waals surface area contributed by atoms with E-state index in [9.17, 15) is 0 Å². The van der Waals surface area contributed by atoms with Crippen LogP contribution in [0, 0.1) is 12.3 Å². The summed E-state index contributed by atoms with van der Waals surface area (Å²) in [4.78, 5) is 4.69. The van der Waals surface area contributed by atoms with Crippen LogP contribution in [0.2, 0.25) is 0 Å². The van der Waals surface area contributed by atoms with Gasteiger partial charge in [-0.1, -0.05) is 0 Å². The summed E-state index contributed by atoms with van der Waals surface area (Å²) in [5.41, 5.74) is 4.84. The van der Waals surface area contributed by atoms with E-state index in [4.69, 9.17) is 5.41 Å². The van der Waals surface area contributed by atoms with Crippen molar-refractivity contribution in [3.63, 3.8) is 0 Å². The van der Waals surface area contributed by atoms with Crippen molar-refractivity contribution in [2.45, 2.75) is 6.92 Å². The summed E-state index contributed by atoms with van der Waals surface area (Å²) in [5.74, 6) is 0. The number of H-pyrrole nitrogens is 1. The number of nitrogens with one attached hydrogen (secondary N) is 3. The molecule has 0 radical (unpaired) electrons. The molecule has 0 unspecified atom stereocenters. The number of aromatic nitrogens is 5. The Kier molecular flexibility index (Phi) is 3.23. The van der Waals surface area contributed by atoms with Gasteiger partial charge in [-0.3, -0.25) is 5.10 Å². The number of aromatic amines is 1. The van der Waals surface area contributed by atoms with Crippen LogP contribution in [-0.2, 0) is 0 Å². The minimum atomic E-state index is 0.672. The van der Waals surface area contributed by atoms with Crippen LogP contribution in [0.1, 0.15) is 11.4 Å². The van der Waals surface area contributed by atoms with Gasteiger partial charge in [0.05, 0.1) is 29.3 Å². The summed E-state index contributed by atoms with van der Waals surface area (Å²) >= 11 is 0. The third-order valence-corrected chi connectivity index (χ3v) is 3.23. The first-order chi connectivity index (χ1) is 10.2. The molecule has 7 nitrogen and oxygen atoms in total. The quantitative estimate of drug-likeness (QED) is 0.633. The van der Waals surface area contributed by atoms with Gasteiger partial charge in [0, 0.05) is 36.8 Å². The predicted octanol–water partition coefficient (Wildman–Crippen LogP) is 1.64. The molecule has 0 fully saturated rings. The first-order valence-corrected chi connectivity index (χ1v) is 6.48. The molecule has 0 aliphatic rings. The molecule has 0 spiro atoms. The highest BCUT2D eigenvalue weighted by atomic mass is 15.2. The lowest BCUT2D eigenvalue weighted by Crippen LogP contribution is -2.03. The predicted molar refractivity (Wildman–Crippen MR) is 81.1 cm³/mol. The van der Waals surface area contributed by atoms with Crippen molar-refractivity contribution in [2.75, 3.05) is 7.05 Å². The largest absolute Gasteiger partial charge is 0.393 e. The Morgan fingerprint density at radius 2 is 2.33 bits per heavy atom. The maximum Gasteiger partial charge on any atom is 0.100 e. The Hall–Kier alpha value is -2.96. The molecule has 0 amide bonds. The Balaban J connectivity index is 2.28. The standard InChI is InChI=1S/C14H15N7/c1-9-11(7-17-20-9)14-13-3-4-18-21(13)8-12(19-14)10(5-15)6-16-2/h3-8,15-16H,1-2H3,(H,17,20)/b10-6+,15-5?. The molecule has 21 heavy (non-hydrogen) atoms. The second-order valence-electron chi connectivity index (χ2n) is 4.55. The van der Waals surface area contributed by atoms with E-state index in [0.717, 1.165) is 22.5 Å². The fraction of sp³-hybridized carbons (Fsp3) is 0.143. The number of aryl methyl sites for hydroxylation is 1. The molecule has 0 aliphatic carbocycles. The zero-order valence-corrected chi connectivity index (χ0v) is 11.8. The van der Waals surface area contributed by atoms with Crippen molar-refractivity contribution in [2.24, 2.45) is 0 Å². The second kappa shape index (κ2) is 5.20. The molecule has 0 aliphatic heterocycles. The van der Waals surface area contributed by atoms with E-state index in [0.29, 0.717) is 11.3 Å². The topological polar surface area (TPSA) is 94.8 Å². The number of hydrogen-bond acceptors (Lipinski definition) is 5. The van der Waals surface area contributed by atoms with Crippen LogP contribution in [0.15, 0.2) is 30.9 Å². The zero-order chi connectivity index (χ0) is 14.8. The molecule has 0 atom stereocenters. The average Bonchev–Trinajstić information content (AvgIpc) is 3.12. The highest BCUT2D eigenvalue weighted by Crippen LogP contribution is 2.26. The molecule has 0 bridgehead atoms. The van der Waals surface area contributed by atoms with Crippen LogP contribution in [0.5, 0.6) is 0 Å². The maximum atomic E-state index is 7.54. The maximum absolute atomic E-state index is 7.54. The van der Waals surface area contributed by atoms with Gasteiger partial charge in [0.25, 0.3) is 0 Å². The highest BCUT2D eigenvalue weighted by Gasteiger charge is 2.14. The Bertz CT molecular complexity index is 825. The molecular formula is C14H15N7. The van der Waals surface area contributed by atoms with E-state index in [2.05, 4.69) is 25.6 Å². The first-order valence-electron chi connectivity index (χ1n) is 6.48. The fourth-order valence-corrected chi connectivity index (χ4v) is 2.21. The molecule has 0 saturated heterocycles. The van der Waals surface area contributed by atoms with Crippen LogP contribution in [-0.4, -0.2) is 38.1 Å². The zero-order valence-electron chi connectivity index (χ0n) is 11.8. The minimum Gasteiger partial charge on any atom is -0.393 e. The molecule has 0 saturated carbocycles. The molecule has 3 aromatic rings. The van der Waals surface area contributed by atoms with Gasteiger partial charge >= 0.3 is 0 Å². The number of hydrogen-bond donors (Lipinski definition) is 3. The lowest BCUT2D eigenvalue weighted by molar-refractivity contribution is 0.941. The number of allylic oxidation sites excluding steroid dienone is 1. The lowest BCUT2D eigenvalue weighted by atomic mass is 10.1. The van der Waals surface area contributed by atoms with Crippen molar-refractivity contribution in [1.29, 1.82) is 5.41 Å². The van der Waals surface area contributed by atoms with Gasteiger partial charge in [-0.25, -0.2) is 9.50 Å². The Labute approximate surface area is 121 Å². The first kappa shape index (κ1) is 13.0. The summed E-state index contributed by atoms with van der Waals surface area (Å²) < 4.78 is 1.76. The van der Waals surface area contributed by atoms with Gasteiger partial charge in [-0.15, -0.1) is 0 Å². The van der Waals surface area contributed by atoms with Crippen LogP contribution in [0.25, 0.3) is 22.3 Å². The smallest absolute Gasteiger partial charge is 0.100 e. The van der Waals surface area contributed by atoms with Crippen molar-refractivity contribution in [1.82, 2.24) is 30.1 Å². The highest BCUT2D eigenvalue weighted by molar-refractivity contribution is 6.07. The van der Waals surface area contributed by atoms with Crippen LogP contribution in [0.3, 0.4) is 0 Å². The van der Waals surface area contributed by atoms with Crippen molar-refractivity contribution >= 4 is 17.3 Å². The average molecular weight is 281 g/mol. The van der Waals surface area contributed by atoms with Gasteiger partial charge in [0.15, 0.2) is 0 Å². The van der Waals surface area contributed by atoms with Crippen LogP contribution < -0.4 is 5.32 Å². The number of fused-ring (bicyclic) bond motifs is 1. The summed E-state index contributed by atoms with van der Waals surface area (Å²) in [5, 5.41) is 21.7. The van der Waals surface area contributed by atoms with E-state index in [-0.39, 0.29) is 0 Å². The summed E-state index contributed by atoms with van der Waals surface area (Å²) in [6, 6.07) is 1.91. The van der Waals surface area contributed by atoms with E-state index in [1.807, 2.05) is 25.4 Å². The van der Waals surface area contributed by atoms with Crippen molar-refractivity contribution < 1.29 is 0 Å². The molecule has 3 rings (SSSR count). The summed E-state index contributed by atoms with van der Waals surface area (Å²) in [6.45, 7) is 1.92. The summed E-state index contributed by atoms with van der Waals surface area (Å²) in [7, 11) is 1.79. The molecule has 3 heterocycles. The van der Waals surface area contributed by atoms with Gasteiger partial charge < -0.3 is 10.7 Å². The monoisotopic (exact) mass is 281 g/mol. The SMILES string of the molecule is CN/C=C(\C=N)c1cn2nccc2c(-c2c[nH]nc2C)n1. The van der Waals surface area contributed by atoms with Crippen molar-refractivity contribution in [3.05, 3.63) is 42.2 Å². The molecule has 106 valence electrons. The number of rotatable bonds is 4. The summed E-state index contributed by atoms with van der Waals surface area (Å²) in [6.07, 6.45) is 8.35. The normalized spacial score (nSPS) is 11.8. The second-order valence-corrected chi connectivity index (χ2v) is 4.55. The van der Waals surface area contributed by atoms with Gasteiger partial charge in [0.2, 0.25) is 0 Å². The van der Waals surface area contributed by atoms with E-state index in [1.165, 1.54) is 6.21 Å². The fourth-order valence-electron chi connectivity index (χ4n) is 2.21. The minimum absolute atomic E-state index is 0.672. The number of nitrogens with zero attached hydrogens (tertiary/aromatic N) is 4. The lowest BCUT2D eigenvalue weighted by Gasteiger charge is -2.07. The molecular weight excluding hydrogens is 266 g/mol. The van der Waals surface area contributed by atoms with E-state index < -0.39 is 0 Å². The van der Waals surface area contributed by atoms with Crippen LogP contribution in [0.4, 0.5) is 0 Å². The van der Waals surface area contributed by atoms with E-state index in [1.54, 1.807) is 24.0 Å². The van der Waals surface area contributed by atoms with Gasteiger partial charge in [0.1, 0.15) is 5.69 Å². The van der Waals surface area contributed by atoms with Crippen molar-refractivity contribution in [3.8, 4) is 11.3 Å². The Morgan fingerprint density at radius 1 is 1.48 bits per heavy atom. The van der Waals surface area contributed by atoms with Crippen LogP contribution >= 0.6 is 0 Å².